The molecule has 0 aliphatic carbocycles. The maximum atomic E-state index is 13.3. The molecule has 0 bridgehead atoms. The molecule has 4 nitrogen and oxygen atoms in total. The van der Waals surface area contributed by atoms with Crippen molar-refractivity contribution in [2.45, 2.75) is 27.5 Å². The van der Waals surface area contributed by atoms with Crippen molar-refractivity contribution >= 4 is 32.9 Å². The summed E-state index contributed by atoms with van der Waals surface area (Å²) in [6.45, 7) is 6.26. The molecule has 0 unspecified atom stereocenters. The second-order valence-electron chi connectivity index (χ2n) is 7.31. The molecule has 2 aromatic carbocycles. The fraction of sp³-hybridized carbons (Fsp3) is 0.304. The first-order valence-corrected chi connectivity index (χ1v) is 13.4. The third-order valence-corrected chi connectivity index (χ3v) is 9.50. The summed E-state index contributed by atoms with van der Waals surface area (Å²) >= 11 is 2.94. The first-order valence-electron chi connectivity index (χ1n) is 9.86. The minimum atomic E-state index is -3.56. The van der Waals surface area contributed by atoms with Crippen LogP contribution < -0.4 is 0 Å². The van der Waals surface area contributed by atoms with Crippen LogP contribution in [-0.2, 0) is 21.1 Å². The van der Waals surface area contributed by atoms with E-state index in [2.05, 4.69) is 30.0 Å². The number of benzene rings is 2. The Morgan fingerprint density at radius 3 is 2.63 bits per heavy atom. The van der Waals surface area contributed by atoms with Gasteiger partial charge in [-0.05, 0) is 59.0 Å². The van der Waals surface area contributed by atoms with E-state index in [9.17, 15) is 8.42 Å². The lowest BCUT2D eigenvalue weighted by atomic mass is 9.94. The molecule has 0 N–H and O–H groups in total. The number of rotatable bonds is 6. The molecule has 0 saturated carbocycles. The van der Waals surface area contributed by atoms with Gasteiger partial charge in [-0.25, -0.2) is 8.42 Å². The third kappa shape index (κ3) is 4.36. The van der Waals surface area contributed by atoms with E-state index in [-0.39, 0.29) is 0 Å². The first kappa shape index (κ1) is 21.6. The van der Waals surface area contributed by atoms with Gasteiger partial charge in [0.1, 0.15) is 0 Å². The van der Waals surface area contributed by atoms with Crippen LogP contribution in [0.2, 0.25) is 0 Å². The quantitative estimate of drug-likeness (QED) is 0.479. The van der Waals surface area contributed by atoms with Crippen molar-refractivity contribution in [2.75, 3.05) is 32.6 Å². The molecule has 1 fully saturated rings. The van der Waals surface area contributed by atoms with E-state index < -0.39 is 9.84 Å². The highest BCUT2D eigenvalue weighted by atomic mass is 32.2. The van der Waals surface area contributed by atoms with Gasteiger partial charge in [-0.15, -0.1) is 23.1 Å². The summed E-state index contributed by atoms with van der Waals surface area (Å²) in [5.74, 6) is 0. The van der Waals surface area contributed by atoms with Gasteiger partial charge in [0.2, 0.25) is 9.84 Å². The number of thioether (sulfide) groups is 1. The molecule has 30 heavy (non-hydrogen) atoms. The van der Waals surface area contributed by atoms with Crippen LogP contribution in [0.15, 0.2) is 67.9 Å². The largest absolute Gasteiger partial charge is 0.379 e. The van der Waals surface area contributed by atoms with Gasteiger partial charge < -0.3 is 4.74 Å². The number of thiophene rings is 1. The van der Waals surface area contributed by atoms with Crippen molar-refractivity contribution < 1.29 is 13.2 Å². The van der Waals surface area contributed by atoms with Crippen LogP contribution in [0.4, 0.5) is 0 Å². The van der Waals surface area contributed by atoms with Gasteiger partial charge in [-0.1, -0.05) is 30.3 Å². The molecule has 0 atom stereocenters. The van der Waals surface area contributed by atoms with Gasteiger partial charge >= 0.3 is 0 Å². The van der Waals surface area contributed by atoms with Crippen LogP contribution in [0, 0.1) is 6.92 Å². The fourth-order valence-corrected chi connectivity index (χ4v) is 7.58. The summed E-state index contributed by atoms with van der Waals surface area (Å²) in [5.41, 5.74) is 4.43. The topological polar surface area (TPSA) is 46.6 Å². The second kappa shape index (κ2) is 9.24. The third-order valence-electron chi connectivity index (χ3n) is 5.36. The Bertz CT molecular complexity index is 1130. The Hall–Kier alpha value is -1.64. The van der Waals surface area contributed by atoms with Gasteiger partial charge in [0, 0.05) is 19.6 Å². The van der Waals surface area contributed by atoms with Gasteiger partial charge in [0.05, 0.1) is 27.2 Å². The Balaban J connectivity index is 1.74. The minimum absolute atomic E-state index is 0.342. The zero-order chi connectivity index (χ0) is 21.1. The van der Waals surface area contributed by atoms with Gasteiger partial charge in [0.25, 0.3) is 0 Å². The van der Waals surface area contributed by atoms with E-state index in [0.717, 1.165) is 53.7 Å². The predicted molar refractivity (Wildman–Crippen MR) is 124 cm³/mol. The van der Waals surface area contributed by atoms with E-state index >= 15 is 0 Å². The molecule has 158 valence electrons. The lowest BCUT2D eigenvalue weighted by Gasteiger charge is -2.28. The zero-order valence-corrected chi connectivity index (χ0v) is 19.6. The Morgan fingerprint density at radius 1 is 1.10 bits per heavy atom. The number of ether oxygens (including phenoxy) is 1. The zero-order valence-electron chi connectivity index (χ0n) is 17.1. The molecule has 3 aromatic rings. The molecule has 1 saturated heterocycles. The molecule has 4 rings (SSSR count). The van der Waals surface area contributed by atoms with E-state index in [1.54, 1.807) is 12.1 Å². The molecule has 0 radical (unpaired) electrons. The molecule has 0 amide bonds. The SMILES string of the molecule is CSc1sccc1S(=O)(=O)c1cccc(-c2c(C)cccc2CN2CCOCC2)c1. The maximum absolute atomic E-state index is 13.3. The van der Waals surface area contributed by atoms with Gasteiger partial charge in [0.15, 0.2) is 0 Å². The van der Waals surface area contributed by atoms with Crippen molar-refractivity contribution in [3.8, 4) is 11.1 Å². The van der Waals surface area contributed by atoms with Crippen LogP contribution in [0.25, 0.3) is 11.1 Å². The summed E-state index contributed by atoms with van der Waals surface area (Å²) < 4.78 is 32.9. The Labute approximate surface area is 186 Å². The van der Waals surface area contributed by atoms with E-state index in [1.165, 1.54) is 28.7 Å². The summed E-state index contributed by atoms with van der Waals surface area (Å²) in [6, 6.07) is 15.4. The first-order chi connectivity index (χ1) is 14.5. The molecule has 0 spiro atoms. The van der Waals surface area contributed by atoms with Crippen LogP contribution >= 0.6 is 23.1 Å². The van der Waals surface area contributed by atoms with Crippen molar-refractivity contribution in [3.05, 3.63) is 65.0 Å². The smallest absolute Gasteiger partial charge is 0.208 e. The lowest BCUT2D eigenvalue weighted by molar-refractivity contribution is 0.0342. The molecular formula is C23H25NO3S3. The summed E-state index contributed by atoms with van der Waals surface area (Å²) in [6.07, 6.45) is 1.91. The molecule has 1 aliphatic rings. The van der Waals surface area contributed by atoms with Crippen LogP contribution in [-0.4, -0.2) is 45.9 Å². The number of hydrogen-bond acceptors (Lipinski definition) is 6. The summed E-state index contributed by atoms with van der Waals surface area (Å²) in [5, 5.41) is 1.84. The van der Waals surface area contributed by atoms with Crippen LogP contribution in [0.1, 0.15) is 11.1 Å². The van der Waals surface area contributed by atoms with Gasteiger partial charge in [-0.3, -0.25) is 4.90 Å². The summed E-state index contributed by atoms with van der Waals surface area (Å²) in [7, 11) is -3.56. The van der Waals surface area contributed by atoms with Crippen molar-refractivity contribution in [3.63, 3.8) is 0 Å². The number of morpholine rings is 1. The van der Waals surface area contributed by atoms with E-state index in [1.807, 2.05) is 29.8 Å². The Kier molecular flexibility index (Phi) is 6.65. The van der Waals surface area contributed by atoms with E-state index in [4.69, 9.17) is 4.74 Å². The monoisotopic (exact) mass is 459 g/mol. The minimum Gasteiger partial charge on any atom is -0.379 e. The van der Waals surface area contributed by atoms with Crippen LogP contribution in [0.5, 0.6) is 0 Å². The van der Waals surface area contributed by atoms with Crippen molar-refractivity contribution in [1.82, 2.24) is 4.90 Å². The molecule has 7 heteroatoms. The fourth-order valence-electron chi connectivity index (χ4n) is 3.85. The van der Waals surface area contributed by atoms with E-state index in [0.29, 0.717) is 9.79 Å². The molecule has 1 aromatic heterocycles. The normalized spacial score (nSPS) is 15.4. The Morgan fingerprint density at radius 2 is 1.87 bits per heavy atom. The molecule has 2 heterocycles. The second-order valence-corrected chi connectivity index (χ2v) is 11.2. The highest BCUT2D eigenvalue weighted by molar-refractivity contribution is 8.01. The average molecular weight is 460 g/mol. The van der Waals surface area contributed by atoms with Crippen molar-refractivity contribution in [2.24, 2.45) is 0 Å². The standard InChI is InChI=1S/C23H25NO3S3/c1-17-5-3-7-19(16-24-10-12-27-13-11-24)22(17)18-6-4-8-20(15-18)30(25,26)21-9-14-29-23(21)28-2/h3-9,14-15H,10-13,16H2,1-2H3. The predicted octanol–water partition coefficient (Wildman–Crippen LogP) is 5.11. The average Bonchev–Trinajstić information content (AvgIpc) is 3.25. The summed E-state index contributed by atoms with van der Waals surface area (Å²) in [4.78, 5) is 3.13. The van der Waals surface area contributed by atoms with Crippen molar-refractivity contribution in [1.29, 1.82) is 0 Å². The number of hydrogen-bond donors (Lipinski definition) is 0. The number of sulfone groups is 1. The lowest BCUT2D eigenvalue weighted by Crippen LogP contribution is -2.35. The van der Waals surface area contributed by atoms with Crippen LogP contribution in [0.3, 0.4) is 0 Å². The number of nitrogens with zero attached hydrogens (tertiary/aromatic N) is 1. The highest BCUT2D eigenvalue weighted by Crippen LogP contribution is 2.36. The molecule has 1 aliphatic heterocycles. The molecular weight excluding hydrogens is 434 g/mol. The highest BCUT2D eigenvalue weighted by Gasteiger charge is 2.23. The number of aryl methyl sites for hydroxylation is 1. The maximum Gasteiger partial charge on any atom is 0.208 e. The van der Waals surface area contributed by atoms with Gasteiger partial charge in [-0.2, -0.15) is 0 Å².